The Balaban J connectivity index is 0.000000301. The largest absolute Gasteiger partial charge is 0.496 e. The van der Waals surface area contributed by atoms with Crippen LogP contribution in [0.25, 0.3) is 33.3 Å². The fourth-order valence-electron chi connectivity index (χ4n) is 4.42. The van der Waals surface area contributed by atoms with Crippen LogP contribution in [0.2, 0.25) is 0 Å². The molecule has 5 rings (SSSR count). The molecule has 0 aliphatic carbocycles. The van der Waals surface area contributed by atoms with E-state index in [-0.39, 0.29) is 17.9 Å². The van der Waals surface area contributed by atoms with Crippen LogP contribution in [0, 0.1) is 0 Å². The predicted molar refractivity (Wildman–Crippen MR) is 147 cm³/mol. The zero-order chi connectivity index (χ0) is 26.4. The number of hydrogen-bond donors (Lipinski definition) is 3. The van der Waals surface area contributed by atoms with E-state index in [1.807, 2.05) is 60.9 Å². The fourth-order valence-corrected chi connectivity index (χ4v) is 4.42. The topological polar surface area (TPSA) is 99.4 Å². The standard InChI is InChI=1S/C23H21N3O2.C6H12N2O/c1-26(2)23(27)16-8-6-7-15(11-16)17-12-19-20(14-25-22(19)24-13-17)18-9-4-5-10-21(18)28-3;1-7-6(9)5-3-2-4-8-5/h4-14H,1-3H3,(H,24,25);5,8H,2-4H2,1H3,(H,7,9)/t;5-/m.0/s1. The smallest absolute Gasteiger partial charge is 0.253 e. The number of likely N-dealkylation sites (N-methyl/N-ethyl adjacent to an activating group) is 1. The number of pyridine rings is 1. The molecule has 0 spiro atoms. The fraction of sp³-hybridized carbons (Fsp3) is 0.276. The van der Waals surface area contributed by atoms with Gasteiger partial charge in [-0.2, -0.15) is 0 Å². The SMILES string of the molecule is CNC(=O)[C@@H]1CCCN1.COc1ccccc1-c1c[nH]c2ncc(-c3cccc(C(=O)N(C)C)c3)cc12. The summed E-state index contributed by atoms with van der Waals surface area (Å²) in [5, 5.41) is 6.71. The molecule has 0 saturated carbocycles. The van der Waals surface area contributed by atoms with E-state index in [2.05, 4.69) is 26.7 Å². The number of H-pyrrole nitrogens is 1. The Morgan fingerprint density at radius 2 is 1.86 bits per heavy atom. The average molecular weight is 500 g/mol. The van der Waals surface area contributed by atoms with Gasteiger partial charge < -0.3 is 25.3 Å². The number of aromatic nitrogens is 2. The van der Waals surface area contributed by atoms with Gasteiger partial charge in [-0.1, -0.05) is 30.3 Å². The van der Waals surface area contributed by atoms with Gasteiger partial charge in [-0.3, -0.25) is 9.59 Å². The number of amides is 2. The second-order valence-corrected chi connectivity index (χ2v) is 9.07. The van der Waals surface area contributed by atoms with Gasteiger partial charge in [-0.05, 0) is 49.2 Å². The van der Waals surface area contributed by atoms with E-state index >= 15 is 0 Å². The van der Waals surface area contributed by atoms with Crippen molar-refractivity contribution in [3.63, 3.8) is 0 Å². The van der Waals surface area contributed by atoms with Gasteiger partial charge in [0.25, 0.3) is 5.91 Å². The van der Waals surface area contributed by atoms with Gasteiger partial charge in [-0.25, -0.2) is 4.98 Å². The minimum atomic E-state index is -0.0211. The number of carbonyl (C=O) groups excluding carboxylic acids is 2. The summed E-state index contributed by atoms with van der Waals surface area (Å²) in [5.41, 5.74) is 5.41. The van der Waals surface area contributed by atoms with Crippen LogP contribution >= 0.6 is 0 Å². The molecule has 0 bridgehead atoms. The quantitative estimate of drug-likeness (QED) is 0.384. The third-order valence-electron chi connectivity index (χ3n) is 6.40. The highest BCUT2D eigenvalue weighted by molar-refractivity contribution is 5.98. The average Bonchev–Trinajstić information content (AvgIpc) is 3.63. The number of ether oxygens (including phenoxy) is 1. The molecule has 0 unspecified atom stereocenters. The first kappa shape index (κ1) is 25.9. The third kappa shape index (κ3) is 5.81. The molecule has 192 valence electrons. The minimum Gasteiger partial charge on any atom is -0.496 e. The van der Waals surface area contributed by atoms with Crippen LogP contribution in [0.3, 0.4) is 0 Å². The third-order valence-corrected chi connectivity index (χ3v) is 6.40. The lowest BCUT2D eigenvalue weighted by molar-refractivity contribution is -0.122. The van der Waals surface area contributed by atoms with Crippen LogP contribution in [0.1, 0.15) is 23.2 Å². The second kappa shape index (κ2) is 11.7. The van der Waals surface area contributed by atoms with Crippen LogP contribution in [0.5, 0.6) is 5.75 Å². The normalized spacial score (nSPS) is 14.5. The zero-order valence-electron chi connectivity index (χ0n) is 21.7. The summed E-state index contributed by atoms with van der Waals surface area (Å²) < 4.78 is 5.52. The first-order valence-corrected chi connectivity index (χ1v) is 12.3. The maximum absolute atomic E-state index is 12.3. The Hall–Kier alpha value is -4.17. The lowest BCUT2D eigenvalue weighted by atomic mass is 10.0. The van der Waals surface area contributed by atoms with Crippen LogP contribution in [0.4, 0.5) is 0 Å². The number of para-hydroxylation sites is 1. The molecule has 1 saturated heterocycles. The number of rotatable bonds is 5. The van der Waals surface area contributed by atoms with E-state index in [1.54, 1.807) is 33.2 Å². The summed E-state index contributed by atoms with van der Waals surface area (Å²) in [4.78, 5) is 32.5. The molecule has 8 nitrogen and oxygen atoms in total. The van der Waals surface area contributed by atoms with E-state index in [0.717, 1.165) is 58.4 Å². The van der Waals surface area contributed by atoms with Gasteiger partial charge in [0.1, 0.15) is 11.4 Å². The van der Waals surface area contributed by atoms with E-state index in [0.29, 0.717) is 5.56 Å². The number of methoxy groups -OCH3 is 1. The summed E-state index contributed by atoms with van der Waals surface area (Å²) in [7, 11) is 6.84. The summed E-state index contributed by atoms with van der Waals surface area (Å²) in [5.74, 6) is 0.909. The van der Waals surface area contributed by atoms with E-state index in [4.69, 9.17) is 4.74 Å². The summed E-state index contributed by atoms with van der Waals surface area (Å²) in [6, 6.07) is 17.7. The molecule has 4 aromatic rings. The zero-order valence-corrected chi connectivity index (χ0v) is 21.7. The van der Waals surface area contributed by atoms with Crippen molar-refractivity contribution in [3.05, 3.63) is 72.6 Å². The lowest BCUT2D eigenvalue weighted by Crippen LogP contribution is -2.38. The minimum absolute atomic E-state index is 0.0211. The molecule has 3 N–H and O–H groups in total. The van der Waals surface area contributed by atoms with Crippen molar-refractivity contribution in [1.82, 2.24) is 25.5 Å². The highest BCUT2D eigenvalue weighted by atomic mass is 16.5. The predicted octanol–water partition coefficient (Wildman–Crippen LogP) is 4.09. The Labute approximate surface area is 217 Å². The number of aromatic amines is 1. The molecule has 2 aromatic heterocycles. The van der Waals surface area contributed by atoms with Crippen LogP contribution < -0.4 is 15.4 Å². The van der Waals surface area contributed by atoms with Crippen molar-refractivity contribution >= 4 is 22.8 Å². The molecule has 1 aliphatic rings. The second-order valence-electron chi connectivity index (χ2n) is 9.07. The Bertz CT molecular complexity index is 1390. The van der Waals surface area contributed by atoms with E-state index < -0.39 is 0 Å². The molecule has 1 aliphatic heterocycles. The van der Waals surface area contributed by atoms with Gasteiger partial charge in [0.15, 0.2) is 0 Å². The molecule has 2 aromatic carbocycles. The van der Waals surface area contributed by atoms with Crippen molar-refractivity contribution < 1.29 is 14.3 Å². The first-order chi connectivity index (χ1) is 17.9. The Morgan fingerprint density at radius 3 is 2.57 bits per heavy atom. The molecule has 37 heavy (non-hydrogen) atoms. The molecule has 1 fully saturated rings. The number of carbonyl (C=O) groups is 2. The van der Waals surface area contributed by atoms with Gasteiger partial charge in [0.2, 0.25) is 5.91 Å². The Kier molecular flexibility index (Phi) is 8.20. The molecular weight excluding hydrogens is 466 g/mol. The maximum atomic E-state index is 12.3. The number of nitrogens with zero attached hydrogens (tertiary/aromatic N) is 2. The Morgan fingerprint density at radius 1 is 1.05 bits per heavy atom. The summed E-state index contributed by atoms with van der Waals surface area (Å²) in [6.07, 6.45) is 5.88. The highest BCUT2D eigenvalue weighted by Crippen LogP contribution is 2.36. The summed E-state index contributed by atoms with van der Waals surface area (Å²) in [6.45, 7) is 0.984. The lowest BCUT2D eigenvalue weighted by Gasteiger charge is -2.11. The molecule has 0 radical (unpaired) electrons. The summed E-state index contributed by atoms with van der Waals surface area (Å²) >= 11 is 0. The first-order valence-electron chi connectivity index (χ1n) is 12.3. The van der Waals surface area contributed by atoms with Crippen molar-refractivity contribution in [2.45, 2.75) is 18.9 Å². The number of hydrogen-bond acceptors (Lipinski definition) is 5. The number of nitrogens with one attached hydrogen (secondary N) is 3. The van der Waals surface area contributed by atoms with Crippen LogP contribution in [0.15, 0.2) is 67.0 Å². The molecule has 1 atom stereocenters. The molecule has 8 heteroatoms. The van der Waals surface area contributed by atoms with Gasteiger partial charge in [0.05, 0.1) is 13.2 Å². The van der Waals surface area contributed by atoms with Crippen molar-refractivity contribution in [3.8, 4) is 28.0 Å². The maximum Gasteiger partial charge on any atom is 0.253 e. The van der Waals surface area contributed by atoms with Gasteiger partial charge in [-0.15, -0.1) is 0 Å². The molecule has 3 heterocycles. The van der Waals surface area contributed by atoms with Gasteiger partial charge >= 0.3 is 0 Å². The highest BCUT2D eigenvalue weighted by Gasteiger charge is 2.20. The van der Waals surface area contributed by atoms with E-state index in [9.17, 15) is 9.59 Å². The van der Waals surface area contributed by atoms with E-state index in [1.165, 1.54) is 0 Å². The van der Waals surface area contributed by atoms with Gasteiger partial charge in [0, 0.05) is 61.2 Å². The van der Waals surface area contributed by atoms with Crippen molar-refractivity contribution in [2.24, 2.45) is 0 Å². The van der Waals surface area contributed by atoms with Crippen LogP contribution in [-0.4, -0.2) is 67.5 Å². The number of benzene rings is 2. The van der Waals surface area contributed by atoms with Crippen molar-refractivity contribution in [1.29, 1.82) is 0 Å². The van der Waals surface area contributed by atoms with Crippen LogP contribution in [-0.2, 0) is 4.79 Å². The van der Waals surface area contributed by atoms with Crippen molar-refractivity contribution in [2.75, 3.05) is 34.8 Å². The molecular formula is C29H33N5O3. The number of fused-ring (bicyclic) bond motifs is 1. The monoisotopic (exact) mass is 499 g/mol. The molecule has 2 amide bonds.